The van der Waals surface area contributed by atoms with Gasteiger partial charge in [-0.15, -0.1) is 4.98 Å². The Bertz CT molecular complexity index is 692. The largest absolute Gasteiger partial charge is 0.443 e. The lowest BCUT2D eigenvalue weighted by Gasteiger charge is -2.19. The Morgan fingerprint density at radius 3 is 2.74 bits per heavy atom. The minimum absolute atomic E-state index is 0.312. The van der Waals surface area contributed by atoms with Crippen molar-refractivity contribution in [3.8, 4) is 0 Å². The first kappa shape index (κ1) is 13.8. The van der Waals surface area contributed by atoms with Gasteiger partial charge in [0.05, 0.1) is 3.57 Å². The van der Waals surface area contributed by atoms with Crippen molar-refractivity contribution in [1.29, 1.82) is 0 Å². The Morgan fingerprint density at radius 1 is 1.47 bits per heavy atom. The third kappa shape index (κ3) is 2.87. The number of nitrogens with zero attached hydrogens (tertiary/aromatic N) is 3. The smallest absolute Gasteiger partial charge is 0.419 e. The van der Waals surface area contributed by atoms with Crippen molar-refractivity contribution in [1.82, 2.24) is 9.55 Å². The average molecular weight is 369 g/mol. The molecule has 0 aliphatic rings. The van der Waals surface area contributed by atoms with Crippen LogP contribution in [-0.4, -0.2) is 21.2 Å². The van der Waals surface area contributed by atoms with Crippen molar-refractivity contribution >= 4 is 45.5 Å². The highest BCUT2D eigenvalue weighted by atomic mass is 127. The van der Waals surface area contributed by atoms with Gasteiger partial charge in [0.25, 0.3) is 5.82 Å². The number of hydrogen-bond donors (Lipinski definition) is 0. The molecule has 2 aromatic rings. The number of ether oxygens (including phenoxy) is 1. The van der Waals surface area contributed by atoms with Crippen LogP contribution < -0.4 is 0 Å². The predicted molar refractivity (Wildman–Crippen MR) is 80.3 cm³/mol. The van der Waals surface area contributed by atoms with Gasteiger partial charge in [-0.3, -0.25) is 0 Å². The first-order valence-electron chi connectivity index (χ1n) is 5.60. The third-order valence-electron chi connectivity index (χ3n) is 2.29. The summed E-state index contributed by atoms with van der Waals surface area (Å²) >= 11 is 2.09. The molecule has 0 bridgehead atoms. The maximum atomic E-state index is 12.1. The summed E-state index contributed by atoms with van der Waals surface area (Å²) < 4.78 is 7.56. The van der Waals surface area contributed by atoms with Gasteiger partial charge in [-0.25, -0.2) is 9.36 Å². The molecule has 0 radical (unpaired) electrons. The van der Waals surface area contributed by atoms with Gasteiger partial charge in [0.2, 0.25) is 0 Å². The molecular formula is C13H12IN3O2. The molecule has 19 heavy (non-hydrogen) atoms. The van der Waals surface area contributed by atoms with E-state index < -0.39 is 11.7 Å². The lowest BCUT2D eigenvalue weighted by molar-refractivity contribution is 0.0544. The molecule has 0 saturated heterocycles. The Labute approximate surface area is 124 Å². The van der Waals surface area contributed by atoms with Crippen LogP contribution in [0.25, 0.3) is 15.9 Å². The number of hydrogen-bond acceptors (Lipinski definition) is 3. The van der Waals surface area contributed by atoms with Crippen LogP contribution in [0, 0.1) is 10.1 Å². The zero-order valence-electron chi connectivity index (χ0n) is 10.8. The minimum atomic E-state index is -0.553. The summed E-state index contributed by atoms with van der Waals surface area (Å²) in [6.07, 6.45) is 1.22. The highest BCUT2D eigenvalue weighted by Gasteiger charge is 2.22. The maximum Gasteiger partial charge on any atom is 0.419 e. The van der Waals surface area contributed by atoms with Crippen molar-refractivity contribution in [2.24, 2.45) is 0 Å². The average Bonchev–Trinajstić information content (AvgIpc) is 2.64. The second kappa shape index (κ2) is 4.81. The van der Waals surface area contributed by atoms with Crippen LogP contribution in [0.3, 0.4) is 0 Å². The molecule has 0 unspecified atom stereocenters. The Kier molecular flexibility index (Phi) is 3.49. The predicted octanol–water partition coefficient (Wildman–Crippen LogP) is 3.97. The normalized spacial score (nSPS) is 11.3. The monoisotopic (exact) mass is 369 g/mol. The Hall–Kier alpha value is -1.62. The van der Waals surface area contributed by atoms with Gasteiger partial charge in [0, 0.05) is 6.20 Å². The van der Waals surface area contributed by atoms with Crippen LogP contribution >= 0.6 is 22.6 Å². The fraction of sp³-hybridized carbons (Fsp3) is 0.308. The topological polar surface area (TPSA) is 48.5 Å². The fourth-order valence-corrected chi connectivity index (χ4v) is 2.26. The van der Waals surface area contributed by atoms with E-state index in [9.17, 15) is 4.79 Å². The van der Waals surface area contributed by atoms with E-state index in [-0.39, 0.29) is 0 Å². The molecule has 0 atom stereocenters. The zero-order chi connectivity index (χ0) is 14.2. The SMILES string of the molecule is [C-]#[N+]c1ccc2c(n1)c(I)cn2C(=O)OC(C)(C)C. The molecule has 0 aliphatic heterocycles. The number of carbonyl (C=O) groups excluding carboxylic acids is 1. The molecule has 2 aromatic heterocycles. The van der Waals surface area contributed by atoms with Crippen molar-refractivity contribution in [3.63, 3.8) is 0 Å². The highest BCUT2D eigenvalue weighted by Crippen LogP contribution is 2.25. The van der Waals surface area contributed by atoms with E-state index in [1.165, 1.54) is 4.57 Å². The van der Waals surface area contributed by atoms with E-state index in [0.29, 0.717) is 16.9 Å². The number of carbonyl (C=O) groups is 1. The molecule has 0 fully saturated rings. The summed E-state index contributed by atoms with van der Waals surface area (Å²) in [5, 5.41) is 0. The first-order chi connectivity index (χ1) is 8.81. The number of fused-ring (bicyclic) bond motifs is 1. The Morgan fingerprint density at radius 2 is 2.16 bits per heavy atom. The van der Waals surface area contributed by atoms with Crippen molar-refractivity contribution in [2.75, 3.05) is 0 Å². The van der Waals surface area contributed by atoms with Gasteiger partial charge in [0.15, 0.2) is 5.52 Å². The third-order valence-corrected chi connectivity index (χ3v) is 3.08. The van der Waals surface area contributed by atoms with Gasteiger partial charge in [0.1, 0.15) is 11.1 Å². The van der Waals surface area contributed by atoms with Crippen LogP contribution in [-0.2, 0) is 4.74 Å². The molecule has 0 saturated carbocycles. The summed E-state index contributed by atoms with van der Waals surface area (Å²) in [6, 6.07) is 3.30. The summed E-state index contributed by atoms with van der Waals surface area (Å²) in [7, 11) is 0. The van der Waals surface area contributed by atoms with Crippen LogP contribution in [0.1, 0.15) is 20.8 Å². The molecule has 0 amide bonds. The molecular weight excluding hydrogens is 357 g/mol. The van der Waals surface area contributed by atoms with Crippen molar-refractivity contribution in [3.05, 3.63) is 33.3 Å². The summed E-state index contributed by atoms with van der Waals surface area (Å²) in [4.78, 5) is 19.6. The second-order valence-corrected chi connectivity index (χ2v) is 6.14. The molecule has 98 valence electrons. The molecule has 5 nitrogen and oxygen atoms in total. The molecule has 0 spiro atoms. The number of pyridine rings is 1. The highest BCUT2D eigenvalue weighted by molar-refractivity contribution is 14.1. The molecule has 0 aromatic carbocycles. The maximum absolute atomic E-state index is 12.1. The molecule has 2 heterocycles. The van der Waals surface area contributed by atoms with E-state index >= 15 is 0 Å². The fourth-order valence-electron chi connectivity index (χ4n) is 1.58. The number of rotatable bonds is 0. The van der Waals surface area contributed by atoms with Gasteiger partial charge in [-0.05, 0) is 55.5 Å². The Balaban J connectivity index is 2.52. The van der Waals surface area contributed by atoms with E-state index in [0.717, 1.165) is 3.57 Å². The quantitative estimate of drug-likeness (QED) is 0.522. The van der Waals surface area contributed by atoms with E-state index in [2.05, 4.69) is 32.4 Å². The van der Waals surface area contributed by atoms with Gasteiger partial charge >= 0.3 is 6.09 Å². The standard InChI is InChI=1S/C13H12IN3O2/c1-13(2,3)19-12(18)17-7-8(14)11-9(17)5-6-10(15-4)16-11/h5-7H,1-3H3. The van der Waals surface area contributed by atoms with Crippen molar-refractivity contribution < 1.29 is 9.53 Å². The van der Waals surface area contributed by atoms with Crippen LogP contribution in [0.2, 0.25) is 0 Å². The molecule has 0 N–H and O–H groups in total. The molecule has 6 heteroatoms. The van der Waals surface area contributed by atoms with Crippen LogP contribution in [0.5, 0.6) is 0 Å². The van der Waals surface area contributed by atoms with E-state index in [1.807, 2.05) is 20.8 Å². The zero-order valence-corrected chi connectivity index (χ0v) is 12.9. The van der Waals surface area contributed by atoms with E-state index in [1.54, 1.807) is 18.3 Å². The first-order valence-corrected chi connectivity index (χ1v) is 6.68. The minimum Gasteiger partial charge on any atom is -0.443 e. The van der Waals surface area contributed by atoms with Gasteiger partial charge in [-0.1, -0.05) is 6.57 Å². The summed E-state index contributed by atoms with van der Waals surface area (Å²) in [5.41, 5.74) is 0.731. The second-order valence-electron chi connectivity index (χ2n) is 4.98. The lowest BCUT2D eigenvalue weighted by atomic mass is 10.2. The number of halogens is 1. The molecule has 2 rings (SSSR count). The van der Waals surface area contributed by atoms with Crippen molar-refractivity contribution in [2.45, 2.75) is 26.4 Å². The van der Waals surface area contributed by atoms with Crippen LogP contribution in [0.15, 0.2) is 18.3 Å². The van der Waals surface area contributed by atoms with E-state index in [4.69, 9.17) is 11.3 Å². The molecule has 0 aliphatic carbocycles. The number of aromatic nitrogens is 2. The van der Waals surface area contributed by atoms with Crippen LogP contribution in [0.4, 0.5) is 10.6 Å². The summed E-state index contributed by atoms with van der Waals surface area (Å²) in [5.74, 6) is 0.312. The van der Waals surface area contributed by atoms with Gasteiger partial charge in [-0.2, -0.15) is 0 Å². The summed E-state index contributed by atoms with van der Waals surface area (Å²) in [6.45, 7) is 12.4. The lowest BCUT2D eigenvalue weighted by Crippen LogP contribution is -2.26. The van der Waals surface area contributed by atoms with Gasteiger partial charge < -0.3 is 9.58 Å².